The third kappa shape index (κ3) is 5.89. The highest BCUT2D eigenvalue weighted by Gasteiger charge is 2.22. The van der Waals surface area contributed by atoms with Crippen LogP contribution in [0.4, 0.5) is 15.8 Å². The van der Waals surface area contributed by atoms with Crippen molar-refractivity contribution < 1.29 is 18.4 Å². The van der Waals surface area contributed by atoms with Gasteiger partial charge in [-0.05, 0) is 48.5 Å². The maximum Gasteiger partial charge on any atom is 0.277 e. The fourth-order valence-corrected chi connectivity index (χ4v) is 4.04. The van der Waals surface area contributed by atoms with Gasteiger partial charge >= 0.3 is 0 Å². The highest BCUT2D eigenvalue weighted by atomic mass is 32.2. The van der Waals surface area contributed by atoms with Crippen LogP contribution in [0.2, 0.25) is 0 Å². The number of nitrogens with zero attached hydrogens (tertiary/aromatic N) is 4. The standard InChI is InChI=1S/C23H24FN5O3S/c1-2-21-26-27-23(32-21)33-15-20(30)25-18-7-9-19(10-8-18)28-11-13-29(14-12-28)22(31)16-3-5-17(24)6-4-16/h3-10H,2,11-15H2,1H3,(H,25,30). The normalized spacial score (nSPS) is 13.8. The molecular weight excluding hydrogens is 445 g/mol. The molecule has 8 nitrogen and oxygen atoms in total. The first-order valence-corrected chi connectivity index (χ1v) is 11.7. The molecule has 33 heavy (non-hydrogen) atoms. The van der Waals surface area contributed by atoms with Crippen LogP contribution in [0.3, 0.4) is 0 Å². The number of carbonyl (C=O) groups excluding carboxylic acids is 2. The van der Waals surface area contributed by atoms with Crippen LogP contribution in [0.25, 0.3) is 0 Å². The minimum atomic E-state index is -0.354. The molecule has 172 valence electrons. The van der Waals surface area contributed by atoms with Gasteiger partial charge in [0.15, 0.2) is 0 Å². The van der Waals surface area contributed by atoms with Gasteiger partial charge in [0.1, 0.15) is 5.82 Å². The van der Waals surface area contributed by atoms with Crippen molar-refractivity contribution in [3.63, 3.8) is 0 Å². The van der Waals surface area contributed by atoms with Gasteiger partial charge in [0.2, 0.25) is 11.8 Å². The molecular formula is C23H24FN5O3S. The molecule has 10 heteroatoms. The number of carbonyl (C=O) groups is 2. The predicted molar refractivity (Wildman–Crippen MR) is 124 cm³/mol. The van der Waals surface area contributed by atoms with Crippen molar-refractivity contribution in [3.8, 4) is 0 Å². The van der Waals surface area contributed by atoms with Crippen molar-refractivity contribution in [3.05, 3.63) is 65.8 Å². The molecule has 0 unspecified atom stereocenters. The third-order valence-electron chi connectivity index (χ3n) is 5.25. The summed E-state index contributed by atoms with van der Waals surface area (Å²) >= 11 is 1.20. The average Bonchev–Trinajstić information content (AvgIpc) is 3.32. The number of nitrogens with one attached hydrogen (secondary N) is 1. The lowest BCUT2D eigenvalue weighted by molar-refractivity contribution is -0.113. The van der Waals surface area contributed by atoms with Gasteiger partial charge in [0, 0.05) is 49.5 Å². The Hall–Kier alpha value is -3.40. The van der Waals surface area contributed by atoms with E-state index in [-0.39, 0.29) is 23.4 Å². The van der Waals surface area contributed by atoms with Gasteiger partial charge in [-0.15, -0.1) is 10.2 Å². The minimum Gasteiger partial charge on any atom is -0.416 e. The Morgan fingerprint density at radius 3 is 2.36 bits per heavy atom. The molecule has 0 bridgehead atoms. The van der Waals surface area contributed by atoms with E-state index in [0.717, 1.165) is 5.69 Å². The Bertz CT molecular complexity index is 1100. The molecule has 3 aromatic rings. The van der Waals surface area contributed by atoms with Crippen LogP contribution < -0.4 is 10.2 Å². The monoisotopic (exact) mass is 469 g/mol. The third-order valence-corrected chi connectivity index (χ3v) is 6.07. The lowest BCUT2D eigenvalue weighted by Gasteiger charge is -2.36. The second-order valence-electron chi connectivity index (χ2n) is 7.49. The summed E-state index contributed by atoms with van der Waals surface area (Å²) in [4.78, 5) is 28.8. The predicted octanol–water partition coefficient (Wildman–Crippen LogP) is 3.46. The van der Waals surface area contributed by atoms with Gasteiger partial charge in [-0.3, -0.25) is 9.59 Å². The second-order valence-corrected chi connectivity index (χ2v) is 8.41. The summed E-state index contributed by atoms with van der Waals surface area (Å²) in [5, 5.41) is 11.0. The van der Waals surface area contributed by atoms with Crippen molar-refractivity contribution in [2.45, 2.75) is 18.6 Å². The van der Waals surface area contributed by atoms with Crippen molar-refractivity contribution in [1.82, 2.24) is 15.1 Å². The van der Waals surface area contributed by atoms with Crippen LogP contribution in [0.5, 0.6) is 0 Å². The van der Waals surface area contributed by atoms with E-state index in [1.807, 2.05) is 31.2 Å². The fraction of sp³-hybridized carbons (Fsp3) is 0.304. The van der Waals surface area contributed by atoms with Gasteiger partial charge < -0.3 is 19.5 Å². The van der Waals surface area contributed by atoms with Crippen LogP contribution in [0, 0.1) is 5.82 Å². The van der Waals surface area contributed by atoms with E-state index in [2.05, 4.69) is 20.4 Å². The number of rotatable bonds is 7. The minimum absolute atomic E-state index is 0.0861. The van der Waals surface area contributed by atoms with Crippen LogP contribution >= 0.6 is 11.8 Å². The van der Waals surface area contributed by atoms with Gasteiger partial charge in [0.25, 0.3) is 11.1 Å². The van der Waals surface area contributed by atoms with Crippen molar-refractivity contribution in [1.29, 1.82) is 0 Å². The lowest BCUT2D eigenvalue weighted by Crippen LogP contribution is -2.48. The molecule has 0 radical (unpaired) electrons. The smallest absolute Gasteiger partial charge is 0.277 e. The Morgan fingerprint density at radius 1 is 1.03 bits per heavy atom. The number of amides is 2. The van der Waals surface area contributed by atoms with Gasteiger partial charge in [-0.2, -0.15) is 0 Å². The van der Waals surface area contributed by atoms with E-state index in [9.17, 15) is 14.0 Å². The molecule has 1 aliphatic rings. The highest BCUT2D eigenvalue weighted by Crippen LogP contribution is 2.21. The highest BCUT2D eigenvalue weighted by molar-refractivity contribution is 7.99. The first kappa shape index (κ1) is 22.8. The Kier molecular flexibility index (Phi) is 7.23. The number of piperazine rings is 1. The van der Waals surface area contributed by atoms with Gasteiger partial charge in [-0.25, -0.2) is 4.39 Å². The van der Waals surface area contributed by atoms with Crippen molar-refractivity contribution in [2.75, 3.05) is 42.1 Å². The first-order valence-electron chi connectivity index (χ1n) is 10.7. The van der Waals surface area contributed by atoms with Crippen LogP contribution in [-0.4, -0.2) is 58.8 Å². The molecule has 2 aromatic carbocycles. The Labute approximate surface area is 195 Å². The molecule has 0 saturated carbocycles. The Morgan fingerprint density at radius 2 is 1.73 bits per heavy atom. The van der Waals surface area contributed by atoms with E-state index in [1.165, 1.54) is 36.0 Å². The van der Waals surface area contributed by atoms with Crippen LogP contribution in [-0.2, 0) is 11.2 Å². The SMILES string of the molecule is CCc1nnc(SCC(=O)Nc2ccc(N3CCN(C(=O)c4ccc(F)cc4)CC3)cc2)o1. The number of thioether (sulfide) groups is 1. The number of aromatic nitrogens is 2. The zero-order valence-electron chi connectivity index (χ0n) is 18.2. The summed E-state index contributed by atoms with van der Waals surface area (Å²) < 4.78 is 18.5. The zero-order chi connectivity index (χ0) is 23.2. The van der Waals surface area contributed by atoms with Gasteiger partial charge in [-0.1, -0.05) is 18.7 Å². The number of hydrogen-bond donors (Lipinski definition) is 1. The van der Waals surface area contributed by atoms with E-state index >= 15 is 0 Å². The summed E-state index contributed by atoms with van der Waals surface area (Å²) in [7, 11) is 0. The molecule has 0 atom stereocenters. The summed E-state index contributed by atoms with van der Waals surface area (Å²) in [6.45, 7) is 4.48. The fourth-order valence-electron chi connectivity index (χ4n) is 3.46. The molecule has 0 aliphatic carbocycles. The van der Waals surface area contributed by atoms with E-state index in [0.29, 0.717) is 55.0 Å². The number of halogens is 1. The molecule has 4 rings (SSSR count). The van der Waals surface area contributed by atoms with Crippen LogP contribution in [0.1, 0.15) is 23.2 Å². The number of anilines is 2. The number of aryl methyl sites for hydroxylation is 1. The van der Waals surface area contributed by atoms with E-state index in [1.54, 1.807) is 4.90 Å². The van der Waals surface area contributed by atoms with E-state index < -0.39 is 0 Å². The maximum absolute atomic E-state index is 13.1. The molecule has 1 aliphatic heterocycles. The van der Waals surface area contributed by atoms with Crippen molar-refractivity contribution >= 4 is 35.0 Å². The Balaban J connectivity index is 1.25. The number of hydrogen-bond acceptors (Lipinski definition) is 7. The van der Waals surface area contributed by atoms with E-state index in [4.69, 9.17) is 4.42 Å². The molecule has 0 spiro atoms. The molecule has 1 N–H and O–H groups in total. The quantitative estimate of drug-likeness (QED) is 0.530. The molecule has 2 heterocycles. The largest absolute Gasteiger partial charge is 0.416 e. The van der Waals surface area contributed by atoms with Crippen LogP contribution in [0.15, 0.2) is 58.2 Å². The summed E-state index contributed by atoms with van der Waals surface area (Å²) in [5.41, 5.74) is 2.22. The lowest BCUT2D eigenvalue weighted by atomic mass is 10.1. The van der Waals surface area contributed by atoms with Gasteiger partial charge in [0.05, 0.1) is 5.75 Å². The molecule has 1 aromatic heterocycles. The first-order chi connectivity index (χ1) is 16.0. The zero-order valence-corrected chi connectivity index (χ0v) is 19.0. The topological polar surface area (TPSA) is 91.6 Å². The van der Waals surface area contributed by atoms with Crippen molar-refractivity contribution in [2.24, 2.45) is 0 Å². The average molecular weight is 470 g/mol. The summed E-state index contributed by atoms with van der Waals surface area (Å²) in [5.74, 6) is 0.132. The summed E-state index contributed by atoms with van der Waals surface area (Å²) in [6, 6.07) is 13.2. The molecule has 1 fully saturated rings. The molecule has 1 saturated heterocycles. The number of benzene rings is 2. The molecule has 2 amide bonds. The second kappa shape index (κ2) is 10.5. The summed E-state index contributed by atoms with van der Waals surface area (Å²) in [6.07, 6.45) is 0.658. The maximum atomic E-state index is 13.1.